The molecular weight excluding hydrogens is 380 g/mol. The summed E-state index contributed by atoms with van der Waals surface area (Å²) in [6, 6.07) is 7.77. The Labute approximate surface area is 160 Å². The predicted octanol–water partition coefficient (Wildman–Crippen LogP) is 2.27. The number of thioether (sulfide) groups is 1. The lowest BCUT2D eigenvalue weighted by atomic mass is 10.4. The summed E-state index contributed by atoms with van der Waals surface area (Å²) in [6.07, 6.45) is 1.96. The molecule has 0 unspecified atom stereocenters. The fourth-order valence-corrected chi connectivity index (χ4v) is 3.93. The van der Waals surface area contributed by atoms with Gasteiger partial charge < -0.3 is 10.6 Å². The highest BCUT2D eigenvalue weighted by Gasteiger charge is 2.13. The van der Waals surface area contributed by atoms with Crippen molar-refractivity contribution in [1.29, 1.82) is 0 Å². The van der Waals surface area contributed by atoms with Crippen LogP contribution in [0, 0.1) is 0 Å². The lowest BCUT2D eigenvalue weighted by Gasteiger charge is -2.18. The summed E-state index contributed by atoms with van der Waals surface area (Å²) in [4.78, 5) is 5.34. The molecule has 25 heavy (non-hydrogen) atoms. The number of hydrogen-bond acceptors (Lipinski definition) is 4. The van der Waals surface area contributed by atoms with Crippen LogP contribution in [0.3, 0.4) is 0 Å². The highest BCUT2D eigenvalue weighted by atomic mass is 35.5. The number of aliphatic imine (C=N–C) groups is 1. The van der Waals surface area contributed by atoms with Gasteiger partial charge in [-0.25, -0.2) is 12.7 Å². The predicted molar refractivity (Wildman–Crippen MR) is 108 cm³/mol. The number of sulfonamides is 1. The Morgan fingerprint density at radius 1 is 1.24 bits per heavy atom. The molecule has 1 aromatic rings. The average Bonchev–Trinajstić information content (AvgIpc) is 2.57. The molecule has 0 aromatic heterocycles. The molecule has 0 fully saturated rings. The molecular formula is C16H27ClN4O2S2. The van der Waals surface area contributed by atoms with E-state index in [1.165, 1.54) is 15.5 Å². The van der Waals surface area contributed by atoms with Gasteiger partial charge in [0.15, 0.2) is 5.96 Å². The second-order valence-electron chi connectivity index (χ2n) is 5.34. The third-order valence-corrected chi connectivity index (χ3v) is 6.04. The SMILES string of the molecule is CCN(CCCNC(=NC)NCCSc1ccc(Cl)cc1)S(C)(=O)=O. The van der Waals surface area contributed by atoms with Crippen molar-refractivity contribution < 1.29 is 8.42 Å². The van der Waals surface area contributed by atoms with Crippen molar-refractivity contribution in [1.82, 2.24) is 14.9 Å². The van der Waals surface area contributed by atoms with Crippen LogP contribution >= 0.6 is 23.4 Å². The van der Waals surface area contributed by atoms with Crippen molar-refractivity contribution in [2.24, 2.45) is 4.99 Å². The Morgan fingerprint density at radius 2 is 1.88 bits per heavy atom. The number of hydrogen-bond donors (Lipinski definition) is 2. The lowest BCUT2D eigenvalue weighted by molar-refractivity contribution is 0.424. The second kappa shape index (κ2) is 11.6. The van der Waals surface area contributed by atoms with E-state index in [0.717, 1.165) is 29.7 Å². The van der Waals surface area contributed by atoms with Crippen LogP contribution in [0.4, 0.5) is 0 Å². The normalized spacial score (nSPS) is 12.4. The van der Waals surface area contributed by atoms with Crippen molar-refractivity contribution >= 4 is 39.3 Å². The number of benzene rings is 1. The number of rotatable bonds is 10. The number of nitrogens with one attached hydrogen (secondary N) is 2. The van der Waals surface area contributed by atoms with Crippen LogP contribution in [-0.4, -0.2) is 63.9 Å². The zero-order valence-electron chi connectivity index (χ0n) is 15.0. The van der Waals surface area contributed by atoms with Crippen molar-refractivity contribution in [3.8, 4) is 0 Å². The fourth-order valence-electron chi connectivity index (χ4n) is 2.11. The van der Waals surface area contributed by atoms with Gasteiger partial charge in [0.05, 0.1) is 6.26 Å². The molecule has 0 atom stereocenters. The average molecular weight is 407 g/mol. The Hall–Kier alpha value is -0.960. The first-order valence-corrected chi connectivity index (χ1v) is 11.4. The summed E-state index contributed by atoms with van der Waals surface area (Å²) in [5.74, 6) is 1.62. The van der Waals surface area contributed by atoms with E-state index in [0.29, 0.717) is 19.6 Å². The number of halogens is 1. The van der Waals surface area contributed by atoms with Crippen LogP contribution in [0.1, 0.15) is 13.3 Å². The van der Waals surface area contributed by atoms with E-state index in [1.807, 2.05) is 31.2 Å². The molecule has 0 radical (unpaired) electrons. The zero-order chi connectivity index (χ0) is 18.7. The maximum Gasteiger partial charge on any atom is 0.211 e. The number of nitrogens with zero attached hydrogens (tertiary/aromatic N) is 2. The van der Waals surface area contributed by atoms with Crippen molar-refractivity contribution in [3.63, 3.8) is 0 Å². The first-order chi connectivity index (χ1) is 11.9. The monoisotopic (exact) mass is 406 g/mol. The fraction of sp³-hybridized carbons (Fsp3) is 0.562. The molecule has 1 rings (SSSR count). The van der Waals surface area contributed by atoms with Crippen LogP contribution in [0.5, 0.6) is 0 Å². The molecule has 6 nitrogen and oxygen atoms in total. The van der Waals surface area contributed by atoms with Crippen molar-refractivity contribution in [2.75, 3.05) is 45.2 Å². The summed E-state index contributed by atoms with van der Waals surface area (Å²) in [5.41, 5.74) is 0. The van der Waals surface area contributed by atoms with E-state index < -0.39 is 10.0 Å². The van der Waals surface area contributed by atoms with E-state index in [-0.39, 0.29) is 0 Å². The van der Waals surface area contributed by atoms with Crippen LogP contribution in [0.25, 0.3) is 0 Å². The van der Waals surface area contributed by atoms with Gasteiger partial charge in [0.25, 0.3) is 0 Å². The van der Waals surface area contributed by atoms with E-state index in [9.17, 15) is 8.42 Å². The Bertz CT molecular complexity index is 636. The largest absolute Gasteiger partial charge is 0.356 e. The molecule has 0 amide bonds. The maximum absolute atomic E-state index is 11.5. The van der Waals surface area contributed by atoms with Gasteiger partial charge in [-0.15, -0.1) is 11.8 Å². The lowest BCUT2D eigenvalue weighted by Crippen LogP contribution is -2.40. The highest BCUT2D eigenvalue weighted by molar-refractivity contribution is 7.99. The van der Waals surface area contributed by atoms with E-state index in [4.69, 9.17) is 11.6 Å². The molecule has 0 aliphatic heterocycles. The standard InChI is InChI=1S/C16H27ClN4O2S2/c1-4-21(25(3,22)23)12-5-10-19-16(18-2)20-11-13-24-15-8-6-14(17)7-9-15/h6-9H,4-5,10-13H2,1-3H3,(H2,18,19,20). The van der Waals surface area contributed by atoms with Crippen molar-refractivity contribution in [3.05, 3.63) is 29.3 Å². The Balaban J connectivity index is 2.21. The minimum Gasteiger partial charge on any atom is -0.356 e. The van der Waals surface area contributed by atoms with E-state index in [2.05, 4.69) is 15.6 Å². The van der Waals surface area contributed by atoms with Gasteiger partial charge in [-0.1, -0.05) is 18.5 Å². The van der Waals surface area contributed by atoms with E-state index in [1.54, 1.807) is 18.8 Å². The summed E-state index contributed by atoms with van der Waals surface area (Å²) in [6.45, 7) is 4.28. The highest BCUT2D eigenvalue weighted by Crippen LogP contribution is 2.19. The first kappa shape index (κ1) is 22.1. The quantitative estimate of drug-likeness (QED) is 0.270. The molecule has 0 saturated heterocycles. The topological polar surface area (TPSA) is 73.8 Å². The molecule has 2 N–H and O–H groups in total. The third kappa shape index (κ3) is 9.34. The van der Waals surface area contributed by atoms with Crippen LogP contribution in [0.15, 0.2) is 34.2 Å². The second-order valence-corrected chi connectivity index (χ2v) is 8.92. The van der Waals surface area contributed by atoms with Crippen LogP contribution in [0.2, 0.25) is 5.02 Å². The van der Waals surface area contributed by atoms with Crippen LogP contribution < -0.4 is 10.6 Å². The molecule has 1 aromatic carbocycles. The van der Waals surface area contributed by atoms with Gasteiger partial charge in [-0.3, -0.25) is 4.99 Å². The zero-order valence-corrected chi connectivity index (χ0v) is 17.3. The minimum absolute atomic E-state index is 0.494. The molecule has 0 bridgehead atoms. The molecule has 9 heteroatoms. The summed E-state index contributed by atoms with van der Waals surface area (Å²) >= 11 is 7.61. The molecule has 0 aliphatic carbocycles. The molecule has 142 valence electrons. The maximum atomic E-state index is 11.5. The van der Waals surface area contributed by atoms with Gasteiger partial charge in [0.2, 0.25) is 10.0 Å². The third-order valence-electron chi connectivity index (χ3n) is 3.40. The summed E-state index contributed by atoms with van der Waals surface area (Å²) in [5, 5.41) is 7.18. The Kier molecular flexibility index (Phi) is 10.3. The van der Waals surface area contributed by atoms with Crippen LogP contribution in [-0.2, 0) is 10.0 Å². The van der Waals surface area contributed by atoms with Gasteiger partial charge in [0.1, 0.15) is 0 Å². The Morgan fingerprint density at radius 3 is 2.44 bits per heavy atom. The molecule has 0 saturated carbocycles. The summed E-state index contributed by atoms with van der Waals surface area (Å²) < 4.78 is 24.5. The number of guanidine groups is 1. The van der Waals surface area contributed by atoms with Gasteiger partial charge in [-0.2, -0.15) is 0 Å². The van der Waals surface area contributed by atoms with Gasteiger partial charge in [0, 0.05) is 48.9 Å². The minimum atomic E-state index is -3.12. The smallest absolute Gasteiger partial charge is 0.211 e. The van der Waals surface area contributed by atoms with Gasteiger partial charge in [-0.05, 0) is 30.7 Å². The van der Waals surface area contributed by atoms with Crippen molar-refractivity contribution in [2.45, 2.75) is 18.2 Å². The molecule has 0 spiro atoms. The summed E-state index contributed by atoms with van der Waals surface area (Å²) in [7, 11) is -1.40. The van der Waals surface area contributed by atoms with Gasteiger partial charge >= 0.3 is 0 Å². The molecule has 0 heterocycles. The first-order valence-electron chi connectivity index (χ1n) is 8.14. The molecule has 0 aliphatic rings. The van der Waals surface area contributed by atoms with E-state index >= 15 is 0 Å².